The minimum Gasteiger partial charge on any atom is -0.0874 e. The number of hydrogen-bond acceptors (Lipinski definition) is 0. The highest BCUT2D eigenvalue weighted by Gasteiger charge is 1.97. The van der Waals surface area contributed by atoms with Gasteiger partial charge in [-0.15, -0.1) is 0 Å². The van der Waals surface area contributed by atoms with Crippen LogP contribution in [0.3, 0.4) is 0 Å². The fraction of sp³-hybridized carbons (Fsp3) is 0.692. The summed E-state index contributed by atoms with van der Waals surface area (Å²) in [5.41, 5.74) is 1.56. The van der Waals surface area contributed by atoms with Crippen molar-refractivity contribution in [1.29, 1.82) is 0 Å². The molecule has 0 radical (unpaired) electrons. The van der Waals surface area contributed by atoms with Crippen LogP contribution in [0.25, 0.3) is 0 Å². The predicted octanol–water partition coefficient (Wildman–Crippen LogP) is 4.62. The molecule has 0 aromatic heterocycles. The molecule has 1 aliphatic carbocycles. The molecule has 1 aliphatic rings. The van der Waals surface area contributed by atoms with E-state index in [2.05, 4.69) is 25.2 Å². The first-order valence-electron chi connectivity index (χ1n) is 5.75. The molecule has 0 aromatic carbocycles. The van der Waals surface area contributed by atoms with E-state index in [1.807, 2.05) is 0 Å². The molecule has 0 unspecified atom stereocenters. The SMILES string of the molecule is CC=CC1=CCCCCCCCC1. The topological polar surface area (TPSA) is 0 Å². The maximum absolute atomic E-state index is 2.44. The van der Waals surface area contributed by atoms with E-state index in [1.54, 1.807) is 5.57 Å². The van der Waals surface area contributed by atoms with Gasteiger partial charge in [0, 0.05) is 0 Å². The second kappa shape index (κ2) is 6.94. The molecule has 0 saturated heterocycles. The van der Waals surface area contributed by atoms with Crippen LogP contribution in [0.5, 0.6) is 0 Å². The second-order valence-corrected chi connectivity index (χ2v) is 3.94. The molecule has 0 atom stereocenters. The molecule has 0 nitrogen and oxygen atoms in total. The smallest absolute Gasteiger partial charge is 0.0282 e. The summed E-state index contributed by atoms with van der Waals surface area (Å²) in [4.78, 5) is 0. The molecule has 0 fully saturated rings. The van der Waals surface area contributed by atoms with Crippen molar-refractivity contribution in [2.75, 3.05) is 0 Å². The van der Waals surface area contributed by atoms with Crippen LogP contribution in [-0.4, -0.2) is 0 Å². The van der Waals surface area contributed by atoms with E-state index < -0.39 is 0 Å². The van der Waals surface area contributed by atoms with Gasteiger partial charge in [0.1, 0.15) is 0 Å². The van der Waals surface area contributed by atoms with Gasteiger partial charge in [-0.3, -0.25) is 0 Å². The van der Waals surface area contributed by atoms with Crippen LogP contribution in [-0.2, 0) is 0 Å². The molecule has 0 spiro atoms. The average molecular weight is 178 g/mol. The number of hydrogen-bond donors (Lipinski definition) is 0. The van der Waals surface area contributed by atoms with Crippen molar-refractivity contribution in [2.45, 2.75) is 58.3 Å². The summed E-state index contributed by atoms with van der Waals surface area (Å²) in [5, 5.41) is 0. The van der Waals surface area contributed by atoms with Crippen molar-refractivity contribution in [3.05, 3.63) is 23.8 Å². The Morgan fingerprint density at radius 2 is 1.69 bits per heavy atom. The Morgan fingerprint density at radius 3 is 2.46 bits per heavy atom. The van der Waals surface area contributed by atoms with Gasteiger partial charge >= 0.3 is 0 Å². The summed E-state index contributed by atoms with van der Waals surface area (Å²) in [6.45, 7) is 2.11. The van der Waals surface area contributed by atoms with Crippen LogP contribution in [0.15, 0.2) is 23.8 Å². The van der Waals surface area contributed by atoms with Crippen molar-refractivity contribution in [3.63, 3.8) is 0 Å². The highest BCUT2D eigenvalue weighted by atomic mass is 14.0. The Hall–Kier alpha value is -0.520. The van der Waals surface area contributed by atoms with Gasteiger partial charge < -0.3 is 0 Å². The largest absolute Gasteiger partial charge is 0.0874 e. The van der Waals surface area contributed by atoms with Crippen LogP contribution in [0.1, 0.15) is 58.3 Å². The lowest BCUT2D eigenvalue weighted by atomic mass is 10.00. The Morgan fingerprint density at radius 1 is 1.00 bits per heavy atom. The van der Waals surface area contributed by atoms with Crippen LogP contribution in [0.4, 0.5) is 0 Å². The van der Waals surface area contributed by atoms with E-state index in [9.17, 15) is 0 Å². The average Bonchev–Trinajstić information content (AvgIpc) is 2.16. The summed E-state index contributed by atoms with van der Waals surface area (Å²) >= 11 is 0. The third kappa shape index (κ3) is 4.92. The lowest BCUT2D eigenvalue weighted by Crippen LogP contribution is -1.86. The van der Waals surface area contributed by atoms with Gasteiger partial charge in [0.2, 0.25) is 0 Å². The summed E-state index contributed by atoms with van der Waals surface area (Å²) < 4.78 is 0. The van der Waals surface area contributed by atoms with E-state index in [-0.39, 0.29) is 0 Å². The monoisotopic (exact) mass is 178 g/mol. The fourth-order valence-corrected chi connectivity index (χ4v) is 1.94. The molecule has 0 aliphatic heterocycles. The van der Waals surface area contributed by atoms with Gasteiger partial charge in [-0.25, -0.2) is 0 Å². The fourth-order valence-electron chi connectivity index (χ4n) is 1.94. The molecule has 13 heavy (non-hydrogen) atoms. The molecule has 1 rings (SSSR count). The molecule has 0 aromatic rings. The second-order valence-electron chi connectivity index (χ2n) is 3.94. The maximum Gasteiger partial charge on any atom is -0.0282 e. The minimum atomic E-state index is 1.29. The molecule has 0 heterocycles. The van der Waals surface area contributed by atoms with Crippen LogP contribution < -0.4 is 0 Å². The zero-order chi connectivity index (χ0) is 9.36. The van der Waals surface area contributed by atoms with Gasteiger partial charge in [-0.05, 0) is 32.6 Å². The number of allylic oxidation sites excluding steroid dienone is 4. The van der Waals surface area contributed by atoms with Gasteiger partial charge in [0.05, 0.1) is 0 Å². The highest BCUT2D eigenvalue weighted by molar-refractivity contribution is 5.17. The van der Waals surface area contributed by atoms with Crippen LogP contribution >= 0.6 is 0 Å². The summed E-state index contributed by atoms with van der Waals surface area (Å²) in [6, 6.07) is 0. The van der Waals surface area contributed by atoms with Crippen molar-refractivity contribution < 1.29 is 0 Å². The highest BCUT2D eigenvalue weighted by Crippen LogP contribution is 2.17. The third-order valence-corrected chi connectivity index (χ3v) is 2.71. The molecule has 0 amide bonds. The summed E-state index contributed by atoms with van der Waals surface area (Å²) in [7, 11) is 0. The van der Waals surface area contributed by atoms with E-state index >= 15 is 0 Å². The minimum absolute atomic E-state index is 1.29. The van der Waals surface area contributed by atoms with Crippen molar-refractivity contribution in [1.82, 2.24) is 0 Å². The van der Waals surface area contributed by atoms with E-state index in [4.69, 9.17) is 0 Å². The van der Waals surface area contributed by atoms with Gasteiger partial charge in [-0.2, -0.15) is 0 Å². The standard InChI is InChI=1S/C13H22/c1-2-10-13-11-8-6-4-3-5-7-9-12-13/h2,10-11H,3-9,12H2,1H3. The van der Waals surface area contributed by atoms with Gasteiger partial charge in [0.15, 0.2) is 0 Å². The lowest BCUT2D eigenvalue weighted by molar-refractivity contribution is 0.588. The molecule has 0 N–H and O–H groups in total. The van der Waals surface area contributed by atoms with Gasteiger partial charge in [0.25, 0.3) is 0 Å². The zero-order valence-electron chi connectivity index (χ0n) is 8.89. The Balaban J connectivity index is 2.42. The van der Waals surface area contributed by atoms with E-state index in [0.29, 0.717) is 0 Å². The molecule has 0 saturated carbocycles. The number of rotatable bonds is 1. The molecule has 0 bridgehead atoms. The predicted molar refractivity (Wildman–Crippen MR) is 59.8 cm³/mol. The Bertz CT molecular complexity index is 174. The Labute approximate surface area is 82.7 Å². The van der Waals surface area contributed by atoms with Crippen molar-refractivity contribution in [2.24, 2.45) is 0 Å². The van der Waals surface area contributed by atoms with E-state index in [0.717, 1.165) is 0 Å². The normalized spacial score (nSPS) is 21.5. The molecular formula is C13H22. The van der Waals surface area contributed by atoms with Crippen LogP contribution in [0, 0.1) is 0 Å². The first-order valence-corrected chi connectivity index (χ1v) is 5.75. The van der Waals surface area contributed by atoms with Crippen molar-refractivity contribution >= 4 is 0 Å². The van der Waals surface area contributed by atoms with Crippen LogP contribution in [0.2, 0.25) is 0 Å². The summed E-state index contributed by atoms with van der Waals surface area (Å²) in [6.07, 6.45) is 18.0. The lowest BCUT2D eigenvalue weighted by Gasteiger charge is -2.06. The summed E-state index contributed by atoms with van der Waals surface area (Å²) in [5.74, 6) is 0. The Kier molecular flexibility index (Phi) is 5.64. The maximum atomic E-state index is 2.44. The third-order valence-electron chi connectivity index (χ3n) is 2.71. The first kappa shape index (κ1) is 10.6. The molecule has 74 valence electrons. The van der Waals surface area contributed by atoms with Crippen molar-refractivity contribution in [3.8, 4) is 0 Å². The quantitative estimate of drug-likeness (QED) is 0.549. The first-order chi connectivity index (χ1) is 6.43. The van der Waals surface area contributed by atoms with E-state index in [1.165, 1.54) is 51.4 Å². The zero-order valence-corrected chi connectivity index (χ0v) is 8.89. The molecule has 0 heteroatoms. The molecular weight excluding hydrogens is 156 g/mol. The van der Waals surface area contributed by atoms with Gasteiger partial charge in [-0.1, -0.05) is 49.5 Å².